The Hall–Kier alpha value is -3.54. The summed E-state index contributed by atoms with van der Waals surface area (Å²) in [5, 5.41) is 0.534. The predicted molar refractivity (Wildman–Crippen MR) is 113 cm³/mol. The SMILES string of the molecule is Cc1ccc(-c2c3c(=O)n(C)c(=O)n(C)c3c3n2-c2cc(C)ccc2OC3)cc1. The van der Waals surface area contributed by atoms with E-state index in [2.05, 4.69) is 10.6 Å². The van der Waals surface area contributed by atoms with E-state index in [-0.39, 0.29) is 11.2 Å². The first-order valence-electron chi connectivity index (χ1n) is 9.52. The maximum Gasteiger partial charge on any atom is 0.331 e. The van der Waals surface area contributed by atoms with Crippen molar-refractivity contribution in [3.8, 4) is 22.7 Å². The van der Waals surface area contributed by atoms with Gasteiger partial charge in [-0.2, -0.15) is 0 Å². The maximum atomic E-state index is 13.3. The van der Waals surface area contributed by atoms with Gasteiger partial charge in [0.05, 0.1) is 28.0 Å². The van der Waals surface area contributed by atoms with Crippen molar-refractivity contribution >= 4 is 10.9 Å². The van der Waals surface area contributed by atoms with Crippen molar-refractivity contribution < 1.29 is 4.74 Å². The quantitative estimate of drug-likeness (QED) is 0.504. The minimum Gasteiger partial charge on any atom is -0.485 e. The van der Waals surface area contributed by atoms with Gasteiger partial charge in [-0.25, -0.2) is 4.79 Å². The third-order valence-corrected chi connectivity index (χ3v) is 5.71. The zero-order valence-corrected chi connectivity index (χ0v) is 16.8. The minimum atomic E-state index is -0.346. The van der Waals surface area contributed by atoms with Gasteiger partial charge in [-0.05, 0) is 37.1 Å². The average molecular weight is 387 g/mol. The highest BCUT2D eigenvalue weighted by Gasteiger charge is 2.29. The van der Waals surface area contributed by atoms with Gasteiger partial charge in [0.2, 0.25) is 0 Å². The van der Waals surface area contributed by atoms with Crippen LogP contribution < -0.4 is 16.0 Å². The third kappa shape index (κ3) is 2.35. The first-order valence-corrected chi connectivity index (χ1v) is 9.52. The Morgan fingerprint density at radius 3 is 2.31 bits per heavy atom. The van der Waals surface area contributed by atoms with Gasteiger partial charge < -0.3 is 9.30 Å². The molecule has 0 spiro atoms. The standard InChI is InChI=1S/C23H21N3O3/c1-13-5-8-15(9-6-13)20-19-21(24(3)23(28)25(4)22(19)27)17-12-29-18-10-7-14(2)11-16(18)26(17)20/h5-11H,12H2,1-4H3. The summed E-state index contributed by atoms with van der Waals surface area (Å²) in [6.07, 6.45) is 0. The number of hydrogen-bond donors (Lipinski definition) is 0. The van der Waals surface area contributed by atoms with Crippen molar-refractivity contribution in [3.63, 3.8) is 0 Å². The molecule has 2 aromatic carbocycles. The molecule has 0 N–H and O–H groups in total. The summed E-state index contributed by atoms with van der Waals surface area (Å²) < 4.78 is 10.8. The van der Waals surface area contributed by atoms with Gasteiger partial charge in [-0.3, -0.25) is 13.9 Å². The molecule has 1 aliphatic heterocycles. The summed E-state index contributed by atoms with van der Waals surface area (Å²) in [5.74, 6) is 0.763. The van der Waals surface area contributed by atoms with Crippen LogP contribution in [-0.2, 0) is 20.7 Å². The molecule has 0 atom stereocenters. The minimum absolute atomic E-state index is 0.291. The topological polar surface area (TPSA) is 58.2 Å². The van der Waals surface area contributed by atoms with Crippen LogP contribution in [0.4, 0.5) is 0 Å². The van der Waals surface area contributed by atoms with E-state index in [0.717, 1.165) is 39.5 Å². The zero-order valence-electron chi connectivity index (χ0n) is 16.8. The van der Waals surface area contributed by atoms with Gasteiger partial charge in [0.15, 0.2) is 0 Å². The lowest BCUT2D eigenvalue weighted by atomic mass is 10.1. The van der Waals surface area contributed by atoms with E-state index in [9.17, 15) is 9.59 Å². The summed E-state index contributed by atoms with van der Waals surface area (Å²) in [5.41, 5.74) is 5.63. The largest absolute Gasteiger partial charge is 0.485 e. The molecule has 0 saturated carbocycles. The molecule has 29 heavy (non-hydrogen) atoms. The van der Waals surface area contributed by atoms with E-state index >= 15 is 0 Å². The summed E-state index contributed by atoms with van der Waals surface area (Å²) in [4.78, 5) is 25.9. The average Bonchev–Trinajstić information content (AvgIpc) is 3.07. The number of nitrogens with zero attached hydrogens (tertiary/aromatic N) is 3. The highest BCUT2D eigenvalue weighted by molar-refractivity contribution is 5.97. The van der Waals surface area contributed by atoms with Crippen molar-refractivity contribution in [1.82, 2.24) is 13.7 Å². The Morgan fingerprint density at radius 2 is 1.59 bits per heavy atom. The van der Waals surface area contributed by atoms with E-state index in [1.54, 1.807) is 11.6 Å². The van der Waals surface area contributed by atoms with Crippen molar-refractivity contribution in [2.24, 2.45) is 14.1 Å². The van der Waals surface area contributed by atoms with Crippen LogP contribution in [-0.4, -0.2) is 13.7 Å². The highest BCUT2D eigenvalue weighted by Crippen LogP contribution is 2.40. The van der Waals surface area contributed by atoms with Crippen molar-refractivity contribution in [3.05, 3.63) is 80.1 Å². The zero-order chi connectivity index (χ0) is 20.4. The lowest BCUT2D eigenvalue weighted by molar-refractivity contribution is 0.286. The maximum absolute atomic E-state index is 13.3. The van der Waals surface area contributed by atoms with E-state index in [1.807, 2.05) is 50.2 Å². The normalized spacial score (nSPS) is 12.6. The monoisotopic (exact) mass is 387 g/mol. The second kappa shape index (κ2) is 5.98. The molecule has 0 aliphatic carbocycles. The fourth-order valence-corrected chi connectivity index (χ4v) is 4.20. The van der Waals surface area contributed by atoms with Gasteiger partial charge >= 0.3 is 5.69 Å². The van der Waals surface area contributed by atoms with Crippen LogP contribution in [0.15, 0.2) is 52.1 Å². The first-order chi connectivity index (χ1) is 13.9. The van der Waals surface area contributed by atoms with Crippen molar-refractivity contribution in [1.29, 1.82) is 0 Å². The number of fused-ring (bicyclic) bond motifs is 5. The van der Waals surface area contributed by atoms with Crippen LogP contribution in [0.25, 0.3) is 27.8 Å². The molecule has 0 saturated heterocycles. The lowest BCUT2D eigenvalue weighted by Crippen LogP contribution is -2.37. The molecule has 5 rings (SSSR count). The number of aromatic nitrogens is 3. The second-order valence-corrected chi connectivity index (χ2v) is 7.69. The summed E-state index contributed by atoms with van der Waals surface area (Å²) in [7, 11) is 3.23. The van der Waals surface area contributed by atoms with E-state index in [4.69, 9.17) is 4.74 Å². The lowest BCUT2D eigenvalue weighted by Gasteiger charge is -2.23. The molecule has 0 radical (unpaired) electrons. The van der Waals surface area contributed by atoms with Crippen LogP contribution in [0, 0.1) is 13.8 Å². The van der Waals surface area contributed by atoms with Gasteiger partial charge in [0, 0.05) is 14.1 Å². The van der Waals surface area contributed by atoms with Crippen LogP contribution in [0.1, 0.15) is 16.8 Å². The fourth-order valence-electron chi connectivity index (χ4n) is 4.20. The molecule has 0 bridgehead atoms. The number of benzene rings is 2. The van der Waals surface area contributed by atoms with Crippen LogP contribution in [0.3, 0.4) is 0 Å². The number of rotatable bonds is 1. The van der Waals surface area contributed by atoms with Gasteiger partial charge in [0.25, 0.3) is 5.56 Å². The molecule has 4 aromatic rings. The van der Waals surface area contributed by atoms with Crippen LogP contribution in [0.5, 0.6) is 5.75 Å². The van der Waals surface area contributed by atoms with E-state index in [1.165, 1.54) is 11.6 Å². The number of ether oxygens (including phenoxy) is 1. The third-order valence-electron chi connectivity index (χ3n) is 5.71. The van der Waals surface area contributed by atoms with Gasteiger partial charge in [0.1, 0.15) is 12.4 Å². The molecule has 146 valence electrons. The molecule has 0 unspecified atom stereocenters. The van der Waals surface area contributed by atoms with E-state index < -0.39 is 0 Å². The summed E-state index contributed by atoms with van der Waals surface area (Å²) >= 11 is 0. The smallest absolute Gasteiger partial charge is 0.331 e. The van der Waals surface area contributed by atoms with E-state index in [0.29, 0.717) is 17.5 Å². The molecule has 3 heterocycles. The number of aryl methyl sites for hydroxylation is 3. The first kappa shape index (κ1) is 17.6. The van der Waals surface area contributed by atoms with Gasteiger partial charge in [-0.1, -0.05) is 35.9 Å². The number of hydrogen-bond acceptors (Lipinski definition) is 3. The predicted octanol–water partition coefficient (Wildman–Crippen LogP) is 3.20. The molecular weight excluding hydrogens is 366 g/mol. The fraction of sp³-hybridized carbons (Fsp3) is 0.217. The van der Waals surface area contributed by atoms with Crippen molar-refractivity contribution in [2.75, 3.05) is 0 Å². The molecule has 2 aromatic heterocycles. The molecule has 6 heteroatoms. The Bertz CT molecular complexity index is 1420. The molecule has 1 aliphatic rings. The summed E-state index contributed by atoms with van der Waals surface area (Å²) in [6, 6.07) is 14.1. The molecule has 0 amide bonds. The Labute approximate surface area is 167 Å². The molecular formula is C23H21N3O3. The second-order valence-electron chi connectivity index (χ2n) is 7.69. The summed E-state index contributed by atoms with van der Waals surface area (Å²) in [6.45, 7) is 4.35. The van der Waals surface area contributed by atoms with Crippen LogP contribution >= 0.6 is 0 Å². The molecule has 0 fully saturated rings. The Morgan fingerprint density at radius 1 is 0.897 bits per heavy atom. The Kier molecular flexibility index (Phi) is 3.62. The highest BCUT2D eigenvalue weighted by atomic mass is 16.5. The Balaban J connectivity index is 2.05. The molecule has 6 nitrogen and oxygen atoms in total. The van der Waals surface area contributed by atoms with Crippen molar-refractivity contribution in [2.45, 2.75) is 20.5 Å². The van der Waals surface area contributed by atoms with Crippen LogP contribution in [0.2, 0.25) is 0 Å². The van der Waals surface area contributed by atoms with Gasteiger partial charge in [-0.15, -0.1) is 0 Å².